The molecule has 0 fully saturated rings. The van der Waals surface area contributed by atoms with Crippen LogP contribution in [0, 0.1) is 6.92 Å². The van der Waals surface area contributed by atoms with Gasteiger partial charge in [0.1, 0.15) is 11.6 Å². The molecule has 0 radical (unpaired) electrons. The highest BCUT2D eigenvalue weighted by molar-refractivity contribution is 5.93. The lowest BCUT2D eigenvalue weighted by atomic mass is 10.1. The number of carbonyl (C=O) groups excluding carboxylic acids is 1. The molecule has 0 N–H and O–H groups in total. The van der Waals surface area contributed by atoms with E-state index in [-0.39, 0.29) is 31.1 Å². The van der Waals surface area contributed by atoms with E-state index in [9.17, 15) is 18.0 Å². The Morgan fingerprint density at radius 1 is 1.48 bits per heavy atom. The maximum atomic E-state index is 13.1. The summed E-state index contributed by atoms with van der Waals surface area (Å²) in [6.07, 6.45) is -2.46. The van der Waals surface area contributed by atoms with Crippen LogP contribution in [0.2, 0.25) is 0 Å². The fourth-order valence-electron chi connectivity index (χ4n) is 2.80. The second-order valence-electron chi connectivity index (χ2n) is 5.56. The van der Waals surface area contributed by atoms with Crippen LogP contribution in [0.5, 0.6) is 0 Å². The molecule has 0 saturated heterocycles. The Morgan fingerprint density at radius 2 is 2.26 bits per heavy atom. The predicted octanol–water partition coefficient (Wildman–Crippen LogP) is 3.26. The normalized spacial score (nSPS) is 18.1. The average molecular weight is 327 g/mol. The van der Waals surface area contributed by atoms with E-state index in [0.717, 1.165) is 4.68 Å². The second kappa shape index (κ2) is 5.75. The maximum absolute atomic E-state index is 13.1. The summed E-state index contributed by atoms with van der Waals surface area (Å²) < 4.78 is 45.4. The number of aromatic nitrogens is 2. The molecule has 2 aromatic heterocycles. The monoisotopic (exact) mass is 327 g/mol. The average Bonchev–Trinajstić information content (AvgIpc) is 3.10. The zero-order valence-corrected chi connectivity index (χ0v) is 12.5. The van der Waals surface area contributed by atoms with E-state index in [0.29, 0.717) is 17.9 Å². The van der Waals surface area contributed by atoms with Gasteiger partial charge < -0.3 is 4.42 Å². The summed E-state index contributed by atoms with van der Waals surface area (Å²) in [6, 6.07) is 3.33. The lowest BCUT2D eigenvalue weighted by Crippen LogP contribution is -2.43. The number of hydrogen-bond donors (Lipinski definition) is 0. The Kier molecular flexibility index (Phi) is 3.91. The van der Waals surface area contributed by atoms with Crippen LogP contribution in [0.25, 0.3) is 0 Å². The molecule has 124 valence electrons. The molecule has 3 rings (SSSR count). The molecule has 23 heavy (non-hydrogen) atoms. The smallest absolute Gasteiger partial charge is 0.410 e. The van der Waals surface area contributed by atoms with Crippen LogP contribution in [0.3, 0.4) is 0 Å². The number of amides is 1. The van der Waals surface area contributed by atoms with Gasteiger partial charge in [-0.25, -0.2) is 4.68 Å². The largest absolute Gasteiger partial charge is 0.469 e. The molecule has 1 aliphatic heterocycles. The number of alkyl halides is 3. The third kappa shape index (κ3) is 3.11. The SMILES string of the molecule is Cc1cc2n(n1)C(C(F)(F)F)CCN2C(=O)CCc1ccco1. The summed E-state index contributed by atoms with van der Waals surface area (Å²) in [5.41, 5.74) is 0.458. The summed E-state index contributed by atoms with van der Waals surface area (Å²) >= 11 is 0. The van der Waals surface area contributed by atoms with Gasteiger partial charge in [-0.15, -0.1) is 0 Å². The van der Waals surface area contributed by atoms with Crippen LogP contribution in [0.4, 0.5) is 19.0 Å². The number of furan rings is 1. The molecule has 3 heterocycles. The molecular weight excluding hydrogens is 311 g/mol. The molecule has 0 saturated carbocycles. The molecular formula is C15H16F3N3O2. The van der Waals surface area contributed by atoms with Gasteiger partial charge in [-0.2, -0.15) is 18.3 Å². The van der Waals surface area contributed by atoms with Crippen LogP contribution < -0.4 is 4.90 Å². The lowest BCUT2D eigenvalue weighted by molar-refractivity contribution is -0.173. The summed E-state index contributed by atoms with van der Waals surface area (Å²) in [4.78, 5) is 13.8. The topological polar surface area (TPSA) is 51.3 Å². The van der Waals surface area contributed by atoms with Crippen LogP contribution in [-0.2, 0) is 11.2 Å². The zero-order valence-electron chi connectivity index (χ0n) is 12.5. The highest BCUT2D eigenvalue weighted by atomic mass is 19.4. The van der Waals surface area contributed by atoms with E-state index in [1.165, 1.54) is 17.2 Å². The molecule has 1 unspecified atom stereocenters. The summed E-state index contributed by atoms with van der Waals surface area (Å²) in [5, 5.41) is 3.93. The van der Waals surface area contributed by atoms with E-state index >= 15 is 0 Å². The van der Waals surface area contributed by atoms with Crippen molar-refractivity contribution in [3.05, 3.63) is 35.9 Å². The first-order valence-corrected chi connectivity index (χ1v) is 7.32. The van der Waals surface area contributed by atoms with E-state index in [4.69, 9.17) is 4.42 Å². The Balaban J connectivity index is 1.79. The van der Waals surface area contributed by atoms with Crippen molar-refractivity contribution in [1.29, 1.82) is 0 Å². The molecule has 8 heteroatoms. The minimum atomic E-state index is -4.38. The van der Waals surface area contributed by atoms with Crippen molar-refractivity contribution in [3.8, 4) is 0 Å². The van der Waals surface area contributed by atoms with E-state index in [2.05, 4.69) is 5.10 Å². The van der Waals surface area contributed by atoms with Crippen LogP contribution in [0.15, 0.2) is 28.9 Å². The zero-order chi connectivity index (χ0) is 16.6. The van der Waals surface area contributed by atoms with Crippen molar-refractivity contribution in [3.63, 3.8) is 0 Å². The van der Waals surface area contributed by atoms with Crippen molar-refractivity contribution in [2.24, 2.45) is 0 Å². The molecule has 0 spiro atoms. The predicted molar refractivity (Wildman–Crippen MR) is 76.1 cm³/mol. The first kappa shape index (κ1) is 15.6. The number of rotatable bonds is 3. The van der Waals surface area contributed by atoms with Crippen molar-refractivity contribution in [2.45, 2.75) is 38.4 Å². The molecule has 1 aliphatic rings. The summed E-state index contributed by atoms with van der Waals surface area (Å²) in [5.74, 6) is 0.650. The molecule has 1 atom stereocenters. The van der Waals surface area contributed by atoms with Gasteiger partial charge in [0, 0.05) is 25.5 Å². The molecule has 0 aromatic carbocycles. The number of anilines is 1. The summed E-state index contributed by atoms with van der Waals surface area (Å²) in [6.45, 7) is 1.65. The van der Waals surface area contributed by atoms with E-state index in [1.54, 1.807) is 19.1 Å². The van der Waals surface area contributed by atoms with Crippen molar-refractivity contribution in [2.75, 3.05) is 11.4 Å². The van der Waals surface area contributed by atoms with Gasteiger partial charge >= 0.3 is 6.18 Å². The summed E-state index contributed by atoms with van der Waals surface area (Å²) in [7, 11) is 0. The number of aryl methyl sites for hydroxylation is 2. The van der Waals surface area contributed by atoms with Crippen molar-refractivity contribution in [1.82, 2.24) is 9.78 Å². The fourth-order valence-corrected chi connectivity index (χ4v) is 2.80. The first-order chi connectivity index (χ1) is 10.9. The maximum Gasteiger partial charge on any atom is 0.410 e. The number of fused-ring (bicyclic) bond motifs is 1. The Hall–Kier alpha value is -2.25. The third-order valence-electron chi connectivity index (χ3n) is 3.88. The number of nitrogens with zero attached hydrogens (tertiary/aromatic N) is 3. The number of hydrogen-bond acceptors (Lipinski definition) is 3. The number of carbonyl (C=O) groups is 1. The lowest BCUT2D eigenvalue weighted by Gasteiger charge is -2.33. The Labute approximate surface area is 130 Å². The highest BCUT2D eigenvalue weighted by Crippen LogP contribution is 2.39. The molecule has 0 bridgehead atoms. The van der Waals surface area contributed by atoms with Gasteiger partial charge in [-0.1, -0.05) is 0 Å². The Bertz CT molecular complexity index is 691. The van der Waals surface area contributed by atoms with Gasteiger partial charge in [-0.3, -0.25) is 9.69 Å². The highest BCUT2D eigenvalue weighted by Gasteiger charge is 2.46. The molecule has 5 nitrogen and oxygen atoms in total. The van der Waals surface area contributed by atoms with E-state index < -0.39 is 12.2 Å². The van der Waals surface area contributed by atoms with Gasteiger partial charge in [0.25, 0.3) is 0 Å². The van der Waals surface area contributed by atoms with E-state index in [1.807, 2.05) is 0 Å². The number of halogens is 3. The van der Waals surface area contributed by atoms with Crippen LogP contribution in [-0.4, -0.2) is 28.4 Å². The Morgan fingerprint density at radius 3 is 2.91 bits per heavy atom. The van der Waals surface area contributed by atoms with Gasteiger partial charge in [0.15, 0.2) is 6.04 Å². The molecule has 2 aromatic rings. The molecule has 0 aliphatic carbocycles. The third-order valence-corrected chi connectivity index (χ3v) is 3.88. The second-order valence-corrected chi connectivity index (χ2v) is 5.56. The minimum Gasteiger partial charge on any atom is -0.469 e. The first-order valence-electron chi connectivity index (χ1n) is 7.32. The van der Waals surface area contributed by atoms with Gasteiger partial charge in [0.05, 0.1) is 12.0 Å². The standard InChI is InChI=1S/C15H16F3N3O2/c1-10-9-13-20(14(22)5-4-11-3-2-8-23-11)7-6-12(15(16,17)18)21(13)19-10/h2-3,8-9,12H,4-7H2,1H3. The van der Waals surface area contributed by atoms with Gasteiger partial charge in [-0.05, 0) is 25.5 Å². The minimum absolute atomic E-state index is 0.0340. The van der Waals surface area contributed by atoms with Crippen molar-refractivity contribution >= 4 is 11.7 Å². The van der Waals surface area contributed by atoms with Gasteiger partial charge in [0.2, 0.25) is 5.91 Å². The quantitative estimate of drug-likeness (QED) is 0.869. The van der Waals surface area contributed by atoms with Crippen LogP contribution in [0.1, 0.15) is 30.3 Å². The molecule has 1 amide bonds. The fraction of sp³-hybridized carbons (Fsp3) is 0.467. The van der Waals surface area contributed by atoms with Crippen LogP contribution >= 0.6 is 0 Å². The van der Waals surface area contributed by atoms with Crippen molar-refractivity contribution < 1.29 is 22.4 Å².